The molecule has 140 valence electrons. The van der Waals surface area contributed by atoms with Crippen molar-refractivity contribution < 1.29 is 19.8 Å². The molecular weight excluding hydrogens is 370 g/mol. The van der Waals surface area contributed by atoms with E-state index in [4.69, 9.17) is 22.4 Å². The predicted octanol–water partition coefficient (Wildman–Crippen LogP) is 2.62. The van der Waals surface area contributed by atoms with Gasteiger partial charge in [-0.3, -0.25) is 9.59 Å². The number of hydrogen-bond donors (Lipinski definition) is 4. The van der Waals surface area contributed by atoms with Gasteiger partial charge in [0.25, 0.3) is 5.91 Å². The van der Waals surface area contributed by atoms with Crippen molar-refractivity contribution >= 4 is 35.8 Å². The van der Waals surface area contributed by atoms with E-state index in [1.54, 1.807) is 24.3 Å². The van der Waals surface area contributed by atoms with Crippen LogP contribution in [0.2, 0.25) is 5.02 Å². The van der Waals surface area contributed by atoms with E-state index in [9.17, 15) is 14.7 Å². The Kier molecular flexibility index (Phi) is 7.10. The van der Waals surface area contributed by atoms with Crippen LogP contribution in [0.1, 0.15) is 27.9 Å². The van der Waals surface area contributed by atoms with E-state index in [1.807, 2.05) is 12.1 Å². The number of carboxylic acid groups (broad SMARTS) is 1. The van der Waals surface area contributed by atoms with Crippen LogP contribution in [0, 0.1) is 0 Å². The second kappa shape index (κ2) is 9.51. The molecule has 0 aliphatic rings. The van der Waals surface area contributed by atoms with Crippen molar-refractivity contribution in [3.63, 3.8) is 0 Å². The van der Waals surface area contributed by atoms with Crippen molar-refractivity contribution in [2.24, 2.45) is 10.8 Å². The van der Waals surface area contributed by atoms with Crippen LogP contribution in [-0.4, -0.2) is 34.3 Å². The van der Waals surface area contributed by atoms with Gasteiger partial charge in [-0.25, -0.2) is 5.43 Å². The minimum absolute atomic E-state index is 0.0775. The Hall–Kier alpha value is -3.16. The third kappa shape index (κ3) is 6.25. The lowest BCUT2D eigenvalue weighted by Gasteiger charge is -2.02. The van der Waals surface area contributed by atoms with Crippen molar-refractivity contribution in [3.05, 3.63) is 70.3 Å². The van der Waals surface area contributed by atoms with Crippen molar-refractivity contribution in [1.82, 2.24) is 5.43 Å². The lowest BCUT2D eigenvalue weighted by atomic mass is 10.1. The minimum atomic E-state index is -1.05. The Morgan fingerprint density at radius 3 is 2.67 bits per heavy atom. The Balaban J connectivity index is 1.96. The van der Waals surface area contributed by atoms with Crippen LogP contribution in [0.4, 0.5) is 0 Å². The first kappa shape index (κ1) is 20.2. The molecule has 1 amide bonds. The molecule has 0 radical (unpaired) electrons. The summed E-state index contributed by atoms with van der Waals surface area (Å²) >= 11 is 5.77. The lowest BCUT2D eigenvalue weighted by Crippen LogP contribution is -2.29. The molecule has 2 rings (SSSR count). The first-order chi connectivity index (χ1) is 12.9. The third-order valence-corrected chi connectivity index (χ3v) is 3.82. The normalized spacial score (nSPS) is 12.4. The minimum Gasteiger partial charge on any atom is -0.506 e. The highest BCUT2D eigenvalue weighted by atomic mass is 35.5. The van der Waals surface area contributed by atoms with E-state index in [0.29, 0.717) is 0 Å². The molecule has 27 heavy (non-hydrogen) atoms. The number of phenols is 1. The van der Waals surface area contributed by atoms with Crippen LogP contribution < -0.4 is 11.2 Å². The largest absolute Gasteiger partial charge is 0.506 e. The monoisotopic (exact) mass is 387 g/mol. The van der Waals surface area contributed by atoms with Crippen LogP contribution in [0.25, 0.3) is 6.08 Å². The van der Waals surface area contributed by atoms with Gasteiger partial charge < -0.3 is 15.9 Å². The summed E-state index contributed by atoms with van der Waals surface area (Å²) in [5.41, 5.74) is 9.66. The van der Waals surface area contributed by atoms with E-state index in [-0.39, 0.29) is 22.8 Å². The van der Waals surface area contributed by atoms with Crippen LogP contribution >= 0.6 is 11.6 Å². The standard InChI is InChI=1S/C19H18ClN3O4/c20-15-10-14(7-8-17(15)24)18(25)23-22-11-13-5-1-3-12(9-13)4-2-6-16(21)19(26)27/h1-5,7-11,16,24H,6,21H2,(H,23,25)(H,26,27). The first-order valence-electron chi connectivity index (χ1n) is 7.93. The number of nitrogens with one attached hydrogen (secondary N) is 1. The maximum absolute atomic E-state index is 12.0. The van der Waals surface area contributed by atoms with E-state index < -0.39 is 17.9 Å². The quantitative estimate of drug-likeness (QED) is 0.429. The maximum atomic E-state index is 12.0. The molecular formula is C19H18ClN3O4. The summed E-state index contributed by atoms with van der Waals surface area (Å²) in [6.45, 7) is 0. The van der Waals surface area contributed by atoms with Crippen molar-refractivity contribution in [3.8, 4) is 5.75 Å². The van der Waals surface area contributed by atoms with E-state index in [1.165, 1.54) is 24.4 Å². The molecule has 7 nitrogen and oxygen atoms in total. The molecule has 2 aromatic rings. The Morgan fingerprint density at radius 2 is 1.96 bits per heavy atom. The molecule has 0 aromatic heterocycles. The summed E-state index contributed by atoms with van der Waals surface area (Å²) in [4.78, 5) is 22.7. The summed E-state index contributed by atoms with van der Waals surface area (Å²) in [5, 5.41) is 22.1. The summed E-state index contributed by atoms with van der Waals surface area (Å²) in [7, 11) is 0. The highest BCUT2D eigenvalue weighted by Gasteiger charge is 2.08. The first-order valence-corrected chi connectivity index (χ1v) is 8.31. The number of aromatic hydroxyl groups is 1. The SMILES string of the molecule is NC(CC=Cc1cccc(C=NNC(=O)c2ccc(O)c(Cl)c2)c1)C(=O)O. The van der Waals surface area contributed by atoms with Gasteiger partial charge in [0.2, 0.25) is 0 Å². The van der Waals surface area contributed by atoms with Gasteiger partial charge in [-0.05, 0) is 41.8 Å². The average molecular weight is 388 g/mol. The molecule has 0 saturated carbocycles. The molecule has 0 fully saturated rings. The Bertz CT molecular complexity index is 896. The highest BCUT2D eigenvalue weighted by molar-refractivity contribution is 6.32. The molecule has 1 atom stereocenters. The molecule has 0 heterocycles. The fourth-order valence-electron chi connectivity index (χ4n) is 2.07. The topological polar surface area (TPSA) is 125 Å². The molecule has 1 unspecified atom stereocenters. The number of rotatable bonds is 7. The summed E-state index contributed by atoms with van der Waals surface area (Å²) in [6.07, 6.45) is 5.14. The highest BCUT2D eigenvalue weighted by Crippen LogP contribution is 2.23. The Labute approximate surface area is 160 Å². The van der Waals surface area contributed by atoms with Crippen LogP contribution in [0.5, 0.6) is 5.75 Å². The van der Waals surface area contributed by atoms with Gasteiger partial charge in [0.1, 0.15) is 11.8 Å². The van der Waals surface area contributed by atoms with Crippen molar-refractivity contribution in [2.75, 3.05) is 0 Å². The number of nitrogens with two attached hydrogens (primary N) is 1. The van der Waals surface area contributed by atoms with Gasteiger partial charge in [0, 0.05) is 5.56 Å². The number of carboxylic acids is 1. The summed E-state index contributed by atoms with van der Waals surface area (Å²) in [5.74, 6) is -1.62. The van der Waals surface area contributed by atoms with Gasteiger partial charge >= 0.3 is 5.97 Å². The number of hydrogen-bond acceptors (Lipinski definition) is 5. The van der Waals surface area contributed by atoms with Gasteiger partial charge in [-0.2, -0.15) is 5.10 Å². The third-order valence-electron chi connectivity index (χ3n) is 3.52. The molecule has 0 bridgehead atoms. The zero-order chi connectivity index (χ0) is 19.8. The van der Waals surface area contributed by atoms with Gasteiger partial charge in [-0.15, -0.1) is 0 Å². The van der Waals surface area contributed by atoms with Gasteiger partial charge in [-0.1, -0.05) is 42.0 Å². The number of halogens is 1. The van der Waals surface area contributed by atoms with Crippen LogP contribution in [-0.2, 0) is 4.79 Å². The number of aliphatic carboxylic acids is 1. The van der Waals surface area contributed by atoms with Gasteiger partial charge in [0.15, 0.2) is 0 Å². The number of carbonyl (C=O) groups excluding carboxylic acids is 1. The fourth-order valence-corrected chi connectivity index (χ4v) is 2.25. The average Bonchev–Trinajstić information content (AvgIpc) is 2.64. The van der Waals surface area contributed by atoms with E-state index in [2.05, 4.69) is 10.5 Å². The van der Waals surface area contributed by atoms with Crippen LogP contribution in [0.3, 0.4) is 0 Å². The number of carbonyl (C=O) groups is 2. The Morgan fingerprint density at radius 1 is 1.22 bits per heavy atom. The molecule has 8 heteroatoms. The van der Waals surface area contributed by atoms with Crippen molar-refractivity contribution in [2.45, 2.75) is 12.5 Å². The lowest BCUT2D eigenvalue weighted by molar-refractivity contribution is -0.138. The molecule has 0 spiro atoms. The smallest absolute Gasteiger partial charge is 0.320 e. The number of phenolic OH excluding ortho intramolecular Hbond substituents is 1. The summed E-state index contributed by atoms with van der Waals surface area (Å²) in [6, 6.07) is 10.4. The molecule has 0 saturated heterocycles. The van der Waals surface area contributed by atoms with E-state index in [0.717, 1.165) is 11.1 Å². The second-order valence-electron chi connectivity index (χ2n) is 5.62. The molecule has 0 aliphatic heterocycles. The molecule has 2 aromatic carbocycles. The molecule has 5 N–H and O–H groups in total. The second-order valence-corrected chi connectivity index (χ2v) is 6.03. The fraction of sp³-hybridized carbons (Fsp3) is 0.105. The maximum Gasteiger partial charge on any atom is 0.320 e. The van der Waals surface area contributed by atoms with Gasteiger partial charge in [0.05, 0.1) is 11.2 Å². The van der Waals surface area contributed by atoms with E-state index >= 15 is 0 Å². The zero-order valence-corrected chi connectivity index (χ0v) is 14.9. The predicted molar refractivity (Wildman–Crippen MR) is 104 cm³/mol. The van der Waals surface area contributed by atoms with Crippen LogP contribution in [0.15, 0.2) is 53.6 Å². The number of amides is 1. The zero-order valence-electron chi connectivity index (χ0n) is 14.2. The van der Waals surface area contributed by atoms with Crippen molar-refractivity contribution in [1.29, 1.82) is 0 Å². The number of nitrogens with zero attached hydrogens (tertiary/aromatic N) is 1. The number of hydrazone groups is 1. The summed E-state index contributed by atoms with van der Waals surface area (Å²) < 4.78 is 0. The molecule has 0 aliphatic carbocycles. The number of benzene rings is 2.